The first-order chi connectivity index (χ1) is 10.8. The van der Waals surface area contributed by atoms with Crippen LogP contribution in [0.4, 0.5) is 0 Å². The lowest BCUT2D eigenvalue weighted by atomic mass is 9.96. The van der Waals surface area contributed by atoms with Crippen LogP contribution in [0.3, 0.4) is 0 Å². The second kappa shape index (κ2) is 12.1. The molecular weight excluding hydrogens is 276 g/mol. The number of hydrogen-bond donors (Lipinski definition) is 0. The number of unbranched alkanes of at least 4 members (excludes halogenated alkanes) is 4. The summed E-state index contributed by atoms with van der Waals surface area (Å²) in [6.07, 6.45) is 8.71. The maximum Gasteiger partial charge on any atom is 0.308 e. The molecule has 1 aromatic carbocycles. The molecule has 0 saturated carbocycles. The summed E-state index contributed by atoms with van der Waals surface area (Å²) in [5.74, 6) is 0.998. The zero-order valence-electron chi connectivity index (χ0n) is 14.1. The lowest BCUT2D eigenvalue weighted by Crippen LogP contribution is -2.15. The molecule has 0 N–H and O–H groups in total. The van der Waals surface area contributed by atoms with Crippen LogP contribution in [0, 0.1) is 5.92 Å². The summed E-state index contributed by atoms with van der Waals surface area (Å²) in [6, 6.07) is 9.95. The molecular formula is C19H30O3. The molecule has 0 radical (unpaired) electrons. The van der Waals surface area contributed by atoms with E-state index in [1.807, 2.05) is 30.3 Å². The molecule has 0 aliphatic rings. The average molecular weight is 306 g/mol. The van der Waals surface area contributed by atoms with Crippen molar-refractivity contribution in [2.75, 3.05) is 13.7 Å². The van der Waals surface area contributed by atoms with Crippen LogP contribution < -0.4 is 4.74 Å². The van der Waals surface area contributed by atoms with Crippen molar-refractivity contribution in [1.82, 2.24) is 0 Å². The predicted octanol–water partition coefficient (Wildman–Crippen LogP) is 5.00. The second-order valence-electron chi connectivity index (χ2n) is 5.73. The zero-order valence-corrected chi connectivity index (χ0v) is 14.1. The summed E-state index contributed by atoms with van der Waals surface area (Å²) in [5.41, 5.74) is 0. The molecule has 3 nitrogen and oxygen atoms in total. The van der Waals surface area contributed by atoms with E-state index in [-0.39, 0.29) is 11.9 Å². The molecule has 0 aromatic heterocycles. The summed E-state index contributed by atoms with van der Waals surface area (Å²) in [5, 5.41) is 0. The standard InChI is InChI=1S/C19H30O3/c1-3-12-17(19(20)21-2)13-8-5-4-6-11-16-22-18-14-9-7-10-15-18/h7,9-10,14-15,17H,3-6,8,11-13,16H2,1-2H3. The lowest BCUT2D eigenvalue weighted by Gasteiger charge is -2.13. The second-order valence-corrected chi connectivity index (χ2v) is 5.73. The average Bonchev–Trinajstić information content (AvgIpc) is 2.56. The van der Waals surface area contributed by atoms with Crippen LogP contribution in [0.1, 0.15) is 58.3 Å². The summed E-state index contributed by atoms with van der Waals surface area (Å²) < 4.78 is 10.5. The van der Waals surface area contributed by atoms with Crippen molar-refractivity contribution in [2.45, 2.75) is 58.3 Å². The van der Waals surface area contributed by atoms with E-state index >= 15 is 0 Å². The van der Waals surface area contributed by atoms with Crippen molar-refractivity contribution in [1.29, 1.82) is 0 Å². The molecule has 0 spiro atoms. The highest BCUT2D eigenvalue weighted by molar-refractivity contribution is 5.72. The molecule has 0 bridgehead atoms. The normalized spacial score (nSPS) is 11.9. The third kappa shape index (κ3) is 8.06. The van der Waals surface area contributed by atoms with Crippen LogP contribution >= 0.6 is 0 Å². The Balaban J connectivity index is 1.99. The molecule has 1 atom stereocenters. The van der Waals surface area contributed by atoms with Crippen LogP contribution in [0.25, 0.3) is 0 Å². The van der Waals surface area contributed by atoms with Gasteiger partial charge in [-0.15, -0.1) is 0 Å². The van der Waals surface area contributed by atoms with Crippen LogP contribution in [0.15, 0.2) is 30.3 Å². The van der Waals surface area contributed by atoms with Crippen molar-refractivity contribution < 1.29 is 14.3 Å². The Morgan fingerprint density at radius 3 is 2.36 bits per heavy atom. The van der Waals surface area contributed by atoms with Crippen LogP contribution in [0.5, 0.6) is 5.75 Å². The molecule has 0 aliphatic carbocycles. The Hall–Kier alpha value is -1.51. The first-order valence-corrected chi connectivity index (χ1v) is 8.53. The lowest BCUT2D eigenvalue weighted by molar-refractivity contribution is -0.146. The highest BCUT2D eigenvalue weighted by Crippen LogP contribution is 2.18. The number of carbonyl (C=O) groups excluding carboxylic acids is 1. The van der Waals surface area contributed by atoms with E-state index in [0.29, 0.717) is 0 Å². The van der Waals surface area contributed by atoms with Gasteiger partial charge in [-0.25, -0.2) is 0 Å². The first kappa shape index (κ1) is 18.5. The highest BCUT2D eigenvalue weighted by Gasteiger charge is 2.17. The number of methoxy groups -OCH3 is 1. The Morgan fingerprint density at radius 2 is 1.68 bits per heavy atom. The first-order valence-electron chi connectivity index (χ1n) is 8.53. The highest BCUT2D eigenvalue weighted by atomic mass is 16.5. The van der Waals surface area contributed by atoms with Gasteiger partial charge in [0.2, 0.25) is 0 Å². The maximum atomic E-state index is 11.6. The Labute approximate surface area is 135 Å². The van der Waals surface area contributed by atoms with E-state index in [1.165, 1.54) is 26.4 Å². The van der Waals surface area contributed by atoms with Gasteiger partial charge in [0, 0.05) is 0 Å². The maximum absolute atomic E-state index is 11.6. The summed E-state index contributed by atoms with van der Waals surface area (Å²) in [4.78, 5) is 11.6. The van der Waals surface area contributed by atoms with E-state index in [0.717, 1.165) is 44.5 Å². The van der Waals surface area contributed by atoms with Crippen LogP contribution in [-0.4, -0.2) is 19.7 Å². The number of hydrogen-bond acceptors (Lipinski definition) is 3. The Kier molecular flexibility index (Phi) is 10.2. The summed E-state index contributed by atoms with van der Waals surface area (Å²) in [6.45, 7) is 2.90. The van der Waals surface area contributed by atoms with Crippen LogP contribution in [0.2, 0.25) is 0 Å². The number of para-hydroxylation sites is 1. The largest absolute Gasteiger partial charge is 0.494 e. The molecule has 1 aromatic rings. The van der Waals surface area contributed by atoms with Gasteiger partial charge in [-0.1, -0.05) is 57.2 Å². The minimum absolute atomic E-state index is 0.0434. The molecule has 0 heterocycles. The molecule has 0 amide bonds. The van der Waals surface area contributed by atoms with Gasteiger partial charge < -0.3 is 9.47 Å². The van der Waals surface area contributed by atoms with Gasteiger partial charge in [0.1, 0.15) is 5.75 Å². The quantitative estimate of drug-likeness (QED) is 0.403. The minimum Gasteiger partial charge on any atom is -0.494 e. The van der Waals surface area contributed by atoms with Gasteiger partial charge in [-0.2, -0.15) is 0 Å². The van der Waals surface area contributed by atoms with Gasteiger partial charge in [0.05, 0.1) is 19.6 Å². The van der Waals surface area contributed by atoms with Gasteiger partial charge in [0.15, 0.2) is 0 Å². The number of carbonyl (C=O) groups is 1. The SMILES string of the molecule is CCCC(CCCCCCCOc1ccccc1)C(=O)OC. The Morgan fingerprint density at radius 1 is 1.00 bits per heavy atom. The molecule has 3 heteroatoms. The molecule has 1 rings (SSSR count). The number of benzene rings is 1. The van der Waals surface area contributed by atoms with Gasteiger partial charge in [-0.05, 0) is 31.4 Å². The van der Waals surface area contributed by atoms with Gasteiger partial charge in [0.25, 0.3) is 0 Å². The van der Waals surface area contributed by atoms with Crippen molar-refractivity contribution in [2.24, 2.45) is 5.92 Å². The predicted molar refractivity (Wildman–Crippen MR) is 90.1 cm³/mol. The zero-order chi connectivity index (χ0) is 16.0. The van der Waals surface area contributed by atoms with E-state index in [9.17, 15) is 4.79 Å². The van der Waals surface area contributed by atoms with Crippen molar-refractivity contribution in [3.63, 3.8) is 0 Å². The summed E-state index contributed by atoms with van der Waals surface area (Å²) in [7, 11) is 1.48. The fourth-order valence-corrected chi connectivity index (χ4v) is 2.63. The molecule has 1 unspecified atom stereocenters. The fraction of sp³-hybridized carbons (Fsp3) is 0.632. The van der Waals surface area contributed by atoms with E-state index in [4.69, 9.17) is 9.47 Å². The third-order valence-electron chi connectivity index (χ3n) is 3.88. The van der Waals surface area contributed by atoms with Crippen LogP contribution in [-0.2, 0) is 9.53 Å². The van der Waals surface area contributed by atoms with E-state index < -0.39 is 0 Å². The third-order valence-corrected chi connectivity index (χ3v) is 3.88. The summed E-state index contributed by atoms with van der Waals surface area (Å²) >= 11 is 0. The van der Waals surface area contributed by atoms with Crippen molar-refractivity contribution >= 4 is 5.97 Å². The molecule has 22 heavy (non-hydrogen) atoms. The molecule has 0 fully saturated rings. The topological polar surface area (TPSA) is 35.5 Å². The minimum atomic E-state index is -0.0434. The van der Waals surface area contributed by atoms with E-state index in [1.54, 1.807) is 0 Å². The number of rotatable bonds is 12. The molecule has 124 valence electrons. The van der Waals surface area contributed by atoms with E-state index in [2.05, 4.69) is 6.92 Å². The van der Waals surface area contributed by atoms with Crippen molar-refractivity contribution in [3.8, 4) is 5.75 Å². The number of ether oxygens (including phenoxy) is 2. The van der Waals surface area contributed by atoms with Gasteiger partial charge in [-0.3, -0.25) is 4.79 Å². The van der Waals surface area contributed by atoms with Crippen molar-refractivity contribution in [3.05, 3.63) is 30.3 Å². The smallest absolute Gasteiger partial charge is 0.308 e. The molecule has 0 saturated heterocycles. The Bertz CT molecular complexity index is 389. The fourth-order valence-electron chi connectivity index (χ4n) is 2.63. The molecule has 0 aliphatic heterocycles. The number of esters is 1. The van der Waals surface area contributed by atoms with Gasteiger partial charge >= 0.3 is 5.97 Å². The monoisotopic (exact) mass is 306 g/mol.